The summed E-state index contributed by atoms with van der Waals surface area (Å²) < 4.78 is 11.1. The molecule has 0 aromatic heterocycles. The molecule has 0 spiro atoms. The number of carbonyl (C=O) groups is 2. The van der Waals surface area contributed by atoms with Crippen molar-refractivity contribution in [1.29, 1.82) is 0 Å². The number of piperazine rings is 1. The molecule has 0 radical (unpaired) electrons. The van der Waals surface area contributed by atoms with Gasteiger partial charge in [0.05, 0.1) is 32.5 Å². The van der Waals surface area contributed by atoms with E-state index in [1.54, 1.807) is 26.2 Å². The highest BCUT2D eigenvalue weighted by atomic mass is 16.5. The van der Waals surface area contributed by atoms with E-state index in [4.69, 9.17) is 14.6 Å². The molecule has 3 amide bonds. The van der Waals surface area contributed by atoms with Crippen molar-refractivity contribution in [1.82, 2.24) is 15.2 Å². The molecule has 2 aromatic carbocycles. The molecule has 34 heavy (non-hydrogen) atoms. The fourth-order valence-electron chi connectivity index (χ4n) is 4.36. The van der Waals surface area contributed by atoms with E-state index >= 15 is 0 Å². The van der Waals surface area contributed by atoms with Crippen LogP contribution >= 0.6 is 0 Å². The predicted octanol–water partition coefficient (Wildman–Crippen LogP) is 2.32. The second-order valence-corrected chi connectivity index (χ2v) is 8.55. The zero-order valence-corrected chi connectivity index (χ0v) is 20.3. The summed E-state index contributed by atoms with van der Waals surface area (Å²) in [7, 11) is 6.63. The summed E-state index contributed by atoms with van der Waals surface area (Å²) >= 11 is 0. The van der Waals surface area contributed by atoms with Crippen molar-refractivity contribution in [2.45, 2.75) is 19.4 Å². The normalized spacial score (nSPS) is 18.1. The second kappa shape index (κ2) is 9.62. The van der Waals surface area contributed by atoms with Gasteiger partial charge in [-0.25, -0.2) is 9.80 Å². The lowest BCUT2D eigenvalue weighted by molar-refractivity contribution is -0.129. The average molecular weight is 466 g/mol. The summed E-state index contributed by atoms with van der Waals surface area (Å²) in [5, 5.41) is 8.97. The van der Waals surface area contributed by atoms with Gasteiger partial charge in [-0.3, -0.25) is 4.79 Å². The van der Waals surface area contributed by atoms with E-state index in [2.05, 4.69) is 10.2 Å². The van der Waals surface area contributed by atoms with Crippen LogP contribution in [-0.4, -0.2) is 81.5 Å². The van der Waals surface area contributed by atoms with Crippen LogP contribution in [-0.2, 0) is 11.2 Å². The number of urea groups is 1. The maximum atomic E-state index is 12.6. The van der Waals surface area contributed by atoms with Crippen molar-refractivity contribution in [2.24, 2.45) is 5.10 Å². The van der Waals surface area contributed by atoms with Crippen LogP contribution < -0.4 is 19.7 Å². The molecule has 4 rings (SSSR count). The van der Waals surface area contributed by atoms with Crippen molar-refractivity contribution in [3.63, 3.8) is 0 Å². The zero-order chi connectivity index (χ0) is 24.4. The van der Waals surface area contributed by atoms with E-state index < -0.39 is 0 Å². The minimum absolute atomic E-state index is 0.105. The molecular formula is C25H31N5O4. The number of hydrazone groups is 1. The lowest BCUT2D eigenvalue weighted by Crippen LogP contribution is -2.48. The highest BCUT2D eigenvalue weighted by molar-refractivity contribution is 6.14. The van der Waals surface area contributed by atoms with Gasteiger partial charge < -0.3 is 24.6 Å². The number of benzene rings is 2. The van der Waals surface area contributed by atoms with Crippen LogP contribution in [0.2, 0.25) is 0 Å². The maximum Gasteiger partial charge on any atom is 0.337 e. The van der Waals surface area contributed by atoms with Gasteiger partial charge in [-0.1, -0.05) is 12.1 Å². The molecule has 2 aromatic rings. The van der Waals surface area contributed by atoms with Crippen LogP contribution in [0.5, 0.6) is 11.5 Å². The largest absolute Gasteiger partial charge is 0.493 e. The van der Waals surface area contributed by atoms with Crippen LogP contribution in [0.1, 0.15) is 23.6 Å². The van der Waals surface area contributed by atoms with E-state index in [1.807, 2.05) is 50.4 Å². The molecule has 2 aliphatic heterocycles. The molecule has 2 aliphatic rings. The Kier molecular flexibility index (Phi) is 6.63. The molecule has 1 saturated heterocycles. The summed E-state index contributed by atoms with van der Waals surface area (Å²) in [6.07, 6.45) is 0.609. The van der Waals surface area contributed by atoms with Crippen molar-refractivity contribution < 1.29 is 19.1 Å². The van der Waals surface area contributed by atoms with E-state index in [-0.39, 0.29) is 18.0 Å². The molecule has 1 atom stereocenters. The summed E-state index contributed by atoms with van der Waals surface area (Å²) in [6.45, 7) is 3.81. The van der Waals surface area contributed by atoms with Gasteiger partial charge in [0.1, 0.15) is 0 Å². The van der Waals surface area contributed by atoms with E-state index in [1.165, 1.54) is 5.01 Å². The van der Waals surface area contributed by atoms with Gasteiger partial charge in [-0.2, -0.15) is 5.10 Å². The van der Waals surface area contributed by atoms with Crippen molar-refractivity contribution in [3.05, 3.63) is 53.1 Å². The number of hydrogen-bond donors (Lipinski definition) is 1. The van der Waals surface area contributed by atoms with Gasteiger partial charge in [0.25, 0.3) is 0 Å². The van der Waals surface area contributed by atoms with Gasteiger partial charge in [0.2, 0.25) is 5.91 Å². The number of hydrogen-bond acceptors (Lipinski definition) is 6. The Morgan fingerprint density at radius 1 is 1.09 bits per heavy atom. The first kappa shape index (κ1) is 23.4. The molecule has 0 unspecified atom stereocenters. The highest BCUT2D eigenvalue weighted by Crippen LogP contribution is 2.35. The Labute approximate surface area is 199 Å². The quantitative estimate of drug-likeness (QED) is 0.749. The number of rotatable bonds is 4. The number of ether oxygens (including phenoxy) is 2. The second-order valence-electron chi connectivity index (χ2n) is 8.55. The summed E-state index contributed by atoms with van der Waals surface area (Å²) in [4.78, 5) is 28.6. The molecule has 1 fully saturated rings. The smallest absolute Gasteiger partial charge is 0.337 e. The number of amides is 3. The molecule has 0 bridgehead atoms. The SMILES string of the molecule is CNC(=O)N1N=C(c2ccc(N3CCN(C)C(=O)C3)cc2)c2cc(OC)c(OC)cc2C[C@@H]1C. The minimum atomic E-state index is -0.274. The van der Waals surface area contributed by atoms with Crippen LogP contribution in [0.4, 0.5) is 10.5 Å². The number of methoxy groups -OCH3 is 2. The molecule has 0 saturated carbocycles. The number of nitrogens with zero attached hydrogens (tertiary/aromatic N) is 4. The Balaban J connectivity index is 1.77. The zero-order valence-electron chi connectivity index (χ0n) is 20.3. The number of likely N-dealkylation sites (N-methyl/N-ethyl adjacent to an activating group) is 1. The molecular weight excluding hydrogens is 434 g/mol. The van der Waals surface area contributed by atoms with Gasteiger partial charge in [-0.05, 0) is 43.2 Å². The number of fused-ring (bicyclic) bond motifs is 1. The summed E-state index contributed by atoms with van der Waals surface area (Å²) in [6, 6.07) is 11.4. The maximum absolute atomic E-state index is 12.6. The number of anilines is 1. The summed E-state index contributed by atoms with van der Waals surface area (Å²) in [5.41, 5.74) is 4.41. The summed E-state index contributed by atoms with van der Waals surface area (Å²) in [5.74, 6) is 1.34. The molecule has 0 aliphatic carbocycles. The predicted molar refractivity (Wildman–Crippen MR) is 131 cm³/mol. The Bertz CT molecular complexity index is 1120. The lowest BCUT2D eigenvalue weighted by Gasteiger charge is -2.33. The van der Waals surface area contributed by atoms with Gasteiger partial charge in [0, 0.05) is 44.0 Å². The van der Waals surface area contributed by atoms with Crippen LogP contribution in [0.15, 0.2) is 41.5 Å². The van der Waals surface area contributed by atoms with E-state index in [9.17, 15) is 9.59 Å². The molecule has 1 N–H and O–H groups in total. The Morgan fingerprint density at radius 3 is 2.38 bits per heavy atom. The monoisotopic (exact) mass is 465 g/mol. The Hall–Kier alpha value is -3.75. The minimum Gasteiger partial charge on any atom is -0.493 e. The van der Waals surface area contributed by atoms with Crippen LogP contribution in [0.25, 0.3) is 0 Å². The number of nitrogens with one attached hydrogen (secondary N) is 1. The molecule has 9 heteroatoms. The first-order valence-electron chi connectivity index (χ1n) is 11.3. The molecule has 2 heterocycles. The highest BCUT2D eigenvalue weighted by Gasteiger charge is 2.28. The number of carbonyl (C=O) groups excluding carboxylic acids is 2. The fourth-order valence-corrected chi connectivity index (χ4v) is 4.36. The standard InChI is InChI=1S/C25H31N5O4/c1-16-12-18-13-21(33-4)22(34-5)14-20(18)24(27-30(16)25(32)26-2)17-6-8-19(9-7-17)29-11-10-28(3)23(31)15-29/h6-9,13-14,16H,10-12,15H2,1-5H3,(H,26,32)/t16-/m0/s1. The third-order valence-corrected chi connectivity index (χ3v) is 6.39. The average Bonchev–Trinajstić information content (AvgIpc) is 2.99. The lowest BCUT2D eigenvalue weighted by atomic mass is 9.94. The third-order valence-electron chi connectivity index (χ3n) is 6.39. The van der Waals surface area contributed by atoms with Gasteiger partial charge >= 0.3 is 6.03 Å². The Morgan fingerprint density at radius 2 is 1.76 bits per heavy atom. The first-order valence-corrected chi connectivity index (χ1v) is 11.3. The van der Waals surface area contributed by atoms with Crippen molar-refractivity contribution in [3.8, 4) is 11.5 Å². The van der Waals surface area contributed by atoms with Crippen molar-refractivity contribution >= 4 is 23.3 Å². The van der Waals surface area contributed by atoms with Gasteiger partial charge in [0.15, 0.2) is 11.5 Å². The third kappa shape index (κ3) is 4.37. The molecule has 9 nitrogen and oxygen atoms in total. The molecule has 180 valence electrons. The van der Waals surface area contributed by atoms with Crippen LogP contribution in [0, 0.1) is 0 Å². The topological polar surface area (TPSA) is 86.7 Å². The van der Waals surface area contributed by atoms with Gasteiger partial charge in [-0.15, -0.1) is 0 Å². The first-order chi connectivity index (χ1) is 16.4. The van der Waals surface area contributed by atoms with E-state index in [0.29, 0.717) is 36.7 Å². The van der Waals surface area contributed by atoms with Crippen molar-refractivity contribution in [2.75, 3.05) is 52.8 Å². The van der Waals surface area contributed by atoms with Crippen LogP contribution in [0.3, 0.4) is 0 Å². The fraction of sp³-hybridized carbons (Fsp3) is 0.400. The van der Waals surface area contributed by atoms with E-state index in [0.717, 1.165) is 28.9 Å².